The lowest BCUT2D eigenvalue weighted by atomic mass is 10.1. The van der Waals surface area contributed by atoms with Crippen LogP contribution in [0.3, 0.4) is 0 Å². The number of carbonyl (C=O) groups excluding carboxylic acids is 1. The van der Waals surface area contributed by atoms with Crippen molar-refractivity contribution in [2.24, 2.45) is 4.99 Å². The van der Waals surface area contributed by atoms with Crippen LogP contribution in [-0.2, 0) is 13.0 Å². The fraction of sp³-hybridized carbons (Fsp3) is 0.292. The van der Waals surface area contributed by atoms with Gasteiger partial charge in [0.2, 0.25) is 5.96 Å². The van der Waals surface area contributed by atoms with E-state index in [1.54, 1.807) is 36.0 Å². The zero-order valence-corrected chi connectivity index (χ0v) is 20.3. The molecule has 8 heteroatoms. The second-order valence-corrected chi connectivity index (χ2v) is 8.58. The van der Waals surface area contributed by atoms with Crippen molar-refractivity contribution in [3.63, 3.8) is 0 Å². The monoisotopic (exact) mass is 469 g/mol. The zero-order chi connectivity index (χ0) is 23.1. The normalized spacial score (nSPS) is 11.5. The number of aliphatic imine (C=N–C) groups is 1. The average Bonchev–Trinajstić information content (AvgIpc) is 3.06. The molecular formula is C24H28ClN5OS. The Labute approximate surface area is 198 Å². The topological polar surface area (TPSA) is 71.3 Å². The molecule has 0 aliphatic rings. The van der Waals surface area contributed by atoms with Gasteiger partial charge < -0.3 is 5.32 Å². The van der Waals surface area contributed by atoms with Crippen LogP contribution in [0.2, 0.25) is 5.02 Å². The predicted octanol–water partition coefficient (Wildman–Crippen LogP) is 5.34. The molecule has 32 heavy (non-hydrogen) atoms. The van der Waals surface area contributed by atoms with Crippen molar-refractivity contribution in [2.75, 3.05) is 18.1 Å². The van der Waals surface area contributed by atoms with Crippen LogP contribution in [0, 0.1) is 13.8 Å². The van der Waals surface area contributed by atoms with E-state index in [9.17, 15) is 4.79 Å². The minimum Gasteiger partial charge on any atom is -0.326 e. The molecule has 0 unspecified atom stereocenters. The van der Waals surface area contributed by atoms with Gasteiger partial charge in [-0.25, -0.2) is 0 Å². The molecule has 168 valence electrons. The van der Waals surface area contributed by atoms with Gasteiger partial charge in [-0.1, -0.05) is 23.7 Å². The second kappa shape index (κ2) is 11.2. The Morgan fingerprint density at radius 1 is 1.19 bits per heavy atom. The summed E-state index contributed by atoms with van der Waals surface area (Å²) in [6.45, 7) is 7.53. The number of benzene rings is 2. The van der Waals surface area contributed by atoms with Crippen molar-refractivity contribution >= 4 is 40.9 Å². The maximum absolute atomic E-state index is 12.8. The first-order valence-electron chi connectivity index (χ1n) is 10.5. The van der Waals surface area contributed by atoms with E-state index in [0.29, 0.717) is 23.1 Å². The summed E-state index contributed by atoms with van der Waals surface area (Å²) in [4.78, 5) is 18.6. The number of rotatable bonds is 7. The number of nitrogens with zero attached hydrogens (tertiary/aromatic N) is 3. The summed E-state index contributed by atoms with van der Waals surface area (Å²) in [5.74, 6) is 0.123. The highest BCUT2D eigenvalue weighted by Gasteiger charge is 2.12. The molecule has 1 aromatic heterocycles. The fourth-order valence-corrected chi connectivity index (χ4v) is 4.09. The van der Waals surface area contributed by atoms with Gasteiger partial charge in [-0.2, -0.15) is 5.10 Å². The molecule has 1 amide bonds. The minimum atomic E-state index is -0.272. The lowest BCUT2D eigenvalue weighted by molar-refractivity contribution is 0.0977. The van der Waals surface area contributed by atoms with E-state index in [1.165, 1.54) is 5.56 Å². The first kappa shape index (κ1) is 23.9. The Hall–Kier alpha value is -2.77. The van der Waals surface area contributed by atoms with Crippen molar-refractivity contribution in [3.05, 3.63) is 76.1 Å². The number of nitrogens with one attached hydrogen (secondary N) is 2. The molecule has 3 aromatic rings. The van der Waals surface area contributed by atoms with Gasteiger partial charge in [-0.3, -0.25) is 19.8 Å². The third-order valence-electron chi connectivity index (χ3n) is 5.11. The fourth-order valence-electron chi connectivity index (χ4n) is 3.44. The van der Waals surface area contributed by atoms with Crippen LogP contribution in [0.1, 0.15) is 34.2 Å². The van der Waals surface area contributed by atoms with Gasteiger partial charge in [0, 0.05) is 40.0 Å². The number of anilines is 1. The Balaban J connectivity index is 1.80. The van der Waals surface area contributed by atoms with Gasteiger partial charge in [0.05, 0.1) is 5.69 Å². The molecule has 0 spiro atoms. The first-order chi connectivity index (χ1) is 15.4. The van der Waals surface area contributed by atoms with Crippen LogP contribution in [0.4, 0.5) is 5.69 Å². The highest BCUT2D eigenvalue weighted by atomic mass is 35.5. The summed E-state index contributed by atoms with van der Waals surface area (Å²) in [6, 6.07) is 14.8. The van der Waals surface area contributed by atoms with Crippen LogP contribution in [0.15, 0.2) is 58.4 Å². The third-order valence-corrected chi connectivity index (χ3v) is 6.07. The zero-order valence-electron chi connectivity index (χ0n) is 18.8. The van der Waals surface area contributed by atoms with Gasteiger partial charge in [0.15, 0.2) is 0 Å². The third kappa shape index (κ3) is 6.14. The molecule has 0 bridgehead atoms. The standard InChI is InChI=1S/C24H28ClN5OS/c1-5-30-17(3)22(16(2)29-30)12-13-26-24(27-20-10-7-11-21(15-20)32-4)28-23(31)18-8-6-9-19(25)14-18/h6-11,14-15H,5,12-13H2,1-4H3,(H2,26,27,28,31). The summed E-state index contributed by atoms with van der Waals surface area (Å²) in [7, 11) is 0. The van der Waals surface area contributed by atoms with E-state index < -0.39 is 0 Å². The molecule has 0 aliphatic carbocycles. The minimum absolute atomic E-state index is 0.272. The molecule has 2 aromatic carbocycles. The van der Waals surface area contributed by atoms with Crippen molar-refractivity contribution in [1.29, 1.82) is 0 Å². The smallest absolute Gasteiger partial charge is 0.258 e. The molecular weight excluding hydrogens is 442 g/mol. The van der Waals surface area contributed by atoms with Gasteiger partial charge in [-0.05, 0) is 75.4 Å². The van der Waals surface area contributed by atoms with E-state index in [4.69, 9.17) is 11.6 Å². The molecule has 0 fully saturated rings. The Bertz CT molecular complexity index is 1130. The Morgan fingerprint density at radius 3 is 2.66 bits per heavy atom. The summed E-state index contributed by atoms with van der Waals surface area (Å²) in [5.41, 5.74) is 4.70. The van der Waals surface area contributed by atoms with E-state index in [0.717, 1.165) is 34.9 Å². The molecule has 3 rings (SSSR count). The van der Waals surface area contributed by atoms with Crippen molar-refractivity contribution < 1.29 is 4.79 Å². The van der Waals surface area contributed by atoms with Crippen LogP contribution in [0.5, 0.6) is 0 Å². The number of guanidine groups is 1. The number of amides is 1. The lowest BCUT2D eigenvalue weighted by Gasteiger charge is -2.13. The average molecular weight is 470 g/mol. The molecule has 1 heterocycles. The number of hydrogen-bond acceptors (Lipinski definition) is 4. The van der Waals surface area contributed by atoms with E-state index in [2.05, 4.69) is 34.6 Å². The van der Waals surface area contributed by atoms with Crippen molar-refractivity contribution in [2.45, 2.75) is 38.6 Å². The van der Waals surface area contributed by atoms with Gasteiger partial charge in [0.1, 0.15) is 0 Å². The van der Waals surface area contributed by atoms with E-state index >= 15 is 0 Å². The highest BCUT2D eigenvalue weighted by molar-refractivity contribution is 7.98. The van der Waals surface area contributed by atoms with Crippen molar-refractivity contribution in [3.8, 4) is 0 Å². The highest BCUT2D eigenvalue weighted by Crippen LogP contribution is 2.19. The SMILES string of the molecule is CCn1nc(C)c(CCN=C(NC(=O)c2cccc(Cl)c2)Nc2cccc(SC)c2)c1C. The van der Waals surface area contributed by atoms with Crippen molar-refractivity contribution in [1.82, 2.24) is 15.1 Å². The van der Waals surface area contributed by atoms with Crippen LogP contribution >= 0.6 is 23.4 Å². The number of aryl methyl sites for hydroxylation is 2. The van der Waals surface area contributed by atoms with E-state index in [1.807, 2.05) is 42.1 Å². The van der Waals surface area contributed by atoms with Crippen LogP contribution < -0.4 is 10.6 Å². The Morgan fingerprint density at radius 2 is 1.97 bits per heavy atom. The lowest BCUT2D eigenvalue weighted by Crippen LogP contribution is -2.36. The van der Waals surface area contributed by atoms with Crippen LogP contribution in [0.25, 0.3) is 0 Å². The van der Waals surface area contributed by atoms with E-state index in [-0.39, 0.29) is 5.91 Å². The predicted molar refractivity (Wildman–Crippen MR) is 134 cm³/mol. The largest absolute Gasteiger partial charge is 0.326 e. The van der Waals surface area contributed by atoms with Crippen LogP contribution in [-0.4, -0.2) is 34.4 Å². The summed E-state index contributed by atoms with van der Waals surface area (Å²) in [5, 5.41) is 11.2. The molecule has 0 atom stereocenters. The molecule has 2 N–H and O–H groups in total. The number of aromatic nitrogens is 2. The molecule has 0 saturated heterocycles. The Kier molecular flexibility index (Phi) is 8.36. The number of thioether (sulfide) groups is 1. The maximum atomic E-state index is 12.8. The molecule has 6 nitrogen and oxygen atoms in total. The first-order valence-corrected chi connectivity index (χ1v) is 12.1. The maximum Gasteiger partial charge on any atom is 0.258 e. The number of halogens is 1. The number of carbonyl (C=O) groups is 1. The quantitative estimate of drug-likeness (QED) is 0.278. The molecule has 0 radical (unpaired) electrons. The number of hydrogen-bond donors (Lipinski definition) is 2. The summed E-state index contributed by atoms with van der Waals surface area (Å²) >= 11 is 7.70. The van der Waals surface area contributed by atoms with Gasteiger partial charge in [-0.15, -0.1) is 11.8 Å². The van der Waals surface area contributed by atoms with Gasteiger partial charge >= 0.3 is 0 Å². The summed E-state index contributed by atoms with van der Waals surface area (Å²) < 4.78 is 2.00. The molecule has 0 aliphatic heterocycles. The van der Waals surface area contributed by atoms with Gasteiger partial charge in [0.25, 0.3) is 5.91 Å². The summed E-state index contributed by atoms with van der Waals surface area (Å²) in [6.07, 6.45) is 2.76. The molecule has 0 saturated carbocycles. The second-order valence-electron chi connectivity index (χ2n) is 7.27.